The van der Waals surface area contributed by atoms with Crippen molar-refractivity contribution in [2.75, 3.05) is 4.90 Å². The highest BCUT2D eigenvalue weighted by Gasteiger charge is 2.43. The molecule has 1 aliphatic heterocycles. The normalized spacial score (nSPS) is 19.6. The first-order valence-corrected chi connectivity index (χ1v) is 8.82. The maximum absolute atomic E-state index is 12.7. The van der Waals surface area contributed by atoms with E-state index in [1.54, 1.807) is 6.07 Å². The van der Waals surface area contributed by atoms with Crippen molar-refractivity contribution in [1.29, 1.82) is 0 Å². The number of nitrogens with two attached hydrogens (primary N) is 2. The molecule has 1 aromatic rings. The van der Waals surface area contributed by atoms with Crippen LogP contribution in [0.1, 0.15) is 56.3 Å². The molecule has 1 fully saturated rings. The van der Waals surface area contributed by atoms with Crippen molar-refractivity contribution < 1.29 is 4.79 Å². The predicted octanol–water partition coefficient (Wildman–Crippen LogP) is 1.93. The number of carbonyl (C=O) groups excluding carboxylic acids is 1. The molecule has 3 rings (SSSR count). The third-order valence-corrected chi connectivity index (χ3v) is 4.66. The van der Waals surface area contributed by atoms with Gasteiger partial charge in [-0.3, -0.25) is 9.69 Å². The molecule has 1 aliphatic carbocycles. The second kappa shape index (κ2) is 6.74. The first kappa shape index (κ1) is 17.3. The maximum atomic E-state index is 12.7. The number of anilines is 1. The van der Waals surface area contributed by atoms with Crippen LogP contribution in [0.2, 0.25) is 0 Å². The Morgan fingerprint density at radius 3 is 2.56 bits per heavy atom. The molecule has 0 unspecified atom stereocenters. The van der Waals surface area contributed by atoms with E-state index in [1.165, 1.54) is 0 Å². The highest BCUT2D eigenvalue weighted by Crippen LogP contribution is 2.40. The van der Waals surface area contributed by atoms with E-state index in [4.69, 9.17) is 11.5 Å². The molecule has 0 atom stereocenters. The summed E-state index contributed by atoms with van der Waals surface area (Å²) in [6.45, 7) is 3.87. The van der Waals surface area contributed by atoms with E-state index in [-0.39, 0.29) is 17.9 Å². The highest BCUT2D eigenvalue weighted by molar-refractivity contribution is 6.10. The maximum Gasteiger partial charge on any atom is 0.253 e. The summed E-state index contributed by atoms with van der Waals surface area (Å²) < 4.78 is 0. The number of para-hydroxylation sites is 1. The van der Waals surface area contributed by atoms with Crippen LogP contribution >= 0.6 is 0 Å². The highest BCUT2D eigenvalue weighted by atomic mass is 16.1. The molecule has 25 heavy (non-hydrogen) atoms. The first-order valence-electron chi connectivity index (χ1n) is 8.82. The van der Waals surface area contributed by atoms with Crippen LogP contribution in [0.3, 0.4) is 0 Å². The summed E-state index contributed by atoms with van der Waals surface area (Å²) in [6, 6.07) is 7.49. The molecular weight excluding hydrogens is 316 g/mol. The van der Waals surface area contributed by atoms with E-state index < -0.39 is 5.66 Å². The summed E-state index contributed by atoms with van der Waals surface area (Å²) in [7, 11) is 0. The zero-order valence-corrected chi connectivity index (χ0v) is 14.8. The second-order valence-electron chi connectivity index (χ2n) is 6.96. The number of guanidine groups is 2. The Bertz CT molecular complexity index is 718. The van der Waals surface area contributed by atoms with Crippen molar-refractivity contribution in [2.24, 2.45) is 21.5 Å². The lowest BCUT2D eigenvalue weighted by atomic mass is 9.87. The third kappa shape index (κ3) is 3.31. The smallest absolute Gasteiger partial charge is 0.253 e. The second-order valence-corrected chi connectivity index (χ2v) is 6.96. The minimum atomic E-state index is -0.553. The molecule has 0 saturated heterocycles. The van der Waals surface area contributed by atoms with E-state index >= 15 is 0 Å². The zero-order chi connectivity index (χ0) is 18.0. The van der Waals surface area contributed by atoms with Gasteiger partial charge in [-0.1, -0.05) is 18.6 Å². The number of hydrogen-bond acceptors (Lipinski definition) is 6. The molecule has 2 aliphatic rings. The van der Waals surface area contributed by atoms with Crippen LogP contribution < -0.4 is 21.7 Å². The van der Waals surface area contributed by atoms with Gasteiger partial charge in [0, 0.05) is 6.04 Å². The number of aliphatic imine (C=N–C) groups is 2. The van der Waals surface area contributed by atoms with E-state index in [1.807, 2.05) is 36.9 Å². The van der Waals surface area contributed by atoms with Gasteiger partial charge in [0.25, 0.3) is 5.91 Å². The average molecular weight is 342 g/mol. The van der Waals surface area contributed by atoms with E-state index in [2.05, 4.69) is 15.3 Å². The van der Waals surface area contributed by atoms with Gasteiger partial charge in [-0.15, -0.1) is 0 Å². The standard InChI is InChI=1S/C18H26N6O/c1-12(2)21-15(25)13-8-4-5-9-14(13)24-17(20)22-16(19)23-18(24)10-6-3-7-11-18/h4-5,8-9,12H,3,6-7,10-11H2,1-2H3,(H,21,25)(H4,19,20,22,23). The summed E-state index contributed by atoms with van der Waals surface area (Å²) >= 11 is 0. The molecule has 1 spiro atoms. The largest absolute Gasteiger partial charge is 0.369 e. The van der Waals surface area contributed by atoms with Crippen LogP contribution in [0.4, 0.5) is 5.69 Å². The van der Waals surface area contributed by atoms with Gasteiger partial charge < -0.3 is 16.8 Å². The topological polar surface area (TPSA) is 109 Å². The Kier molecular flexibility index (Phi) is 4.65. The van der Waals surface area contributed by atoms with Crippen LogP contribution in [0.5, 0.6) is 0 Å². The molecule has 1 heterocycles. The lowest BCUT2D eigenvalue weighted by Crippen LogP contribution is -2.58. The molecule has 1 amide bonds. The van der Waals surface area contributed by atoms with Crippen LogP contribution in [-0.4, -0.2) is 29.5 Å². The summed E-state index contributed by atoms with van der Waals surface area (Å²) in [5, 5.41) is 2.95. The van der Waals surface area contributed by atoms with Crippen LogP contribution in [0.25, 0.3) is 0 Å². The number of rotatable bonds is 3. The Morgan fingerprint density at radius 1 is 1.20 bits per heavy atom. The van der Waals surface area contributed by atoms with Gasteiger partial charge in [0.05, 0.1) is 11.3 Å². The fourth-order valence-electron chi connectivity index (χ4n) is 3.67. The number of hydrogen-bond donors (Lipinski definition) is 3. The lowest BCUT2D eigenvalue weighted by molar-refractivity contribution is 0.0943. The monoisotopic (exact) mass is 342 g/mol. The SMILES string of the molecule is CC(C)NC(=O)c1ccccc1N1C(N)=NC(N)=NC12CCCCC2. The lowest BCUT2D eigenvalue weighted by Gasteiger charge is -2.46. The number of benzene rings is 1. The summed E-state index contributed by atoms with van der Waals surface area (Å²) in [6.07, 6.45) is 4.92. The minimum absolute atomic E-state index is 0.0465. The molecule has 7 nitrogen and oxygen atoms in total. The number of nitrogens with zero attached hydrogens (tertiary/aromatic N) is 3. The van der Waals surface area contributed by atoms with Gasteiger partial charge in [0.1, 0.15) is 5.66 Å². The molecule has 0 aromatic heterocycles. The summed E-state index contributed by atoms with van der Waals surface area (Å²) in [5.74, 6) is 0.367. The Labute approximate surface area is 148 Å². The van der Waals surface area contributed by atoms with Crippen molar-refractivity contribution in [3.05, 3.63) is 29.8 Å². The minimum Gasteiger partial charge on any atom is -0.369 e. The fraction of sp³-hybridized carbons (Fsp3) is 0.500. The predicted molar refractivity (Wildman–Crippen MR) is 101 cm³/mol. The van der Waals surface area contributed by atoms with Crippen LogP contribution in [0.15, 0.2) is 34.3 Å². The van der Waals surface area contributed by atoms with E-state index in [9.17, 15) is 4.79 Å². The van der Waals surface area contributed by atoms with Crippen molar-refractivity contribution >= 4 is 23.5 Å². The van der Waals surface area contributed by atoms with Gasteiger partial charge in [-0.05, 0) is 51.7 Å². The molecule has 0 radical (unpaired) electrons. The molecule has 134 valence electrons. The van der Waals surface area contributed by atoms with Gasteiger partial charge in [-0.25, -0.2) is 4.99 Å². The Hall–Kier alpha value is -2.57. The molecule has 5 N–H and O–H groups in total. The zero-order valence-electron chi connectivity index (χ0n) is 14.8. The van der Waals surface area contributed by atoms with Gasteiger partial charge in [-0.2, -0.15) is 4.99 Å². The third-order valence-electron chi connectivity index (χ3n) is 4.66. The van der Waals surface area contributed by atoms with Gasteiger partial charge >= 0.3 is 0 Å². The molecule has 0 bridgehead atoms. The van der Waals surface area contributed by atoms with Crippen molar-refractivity contribution in [1.82, 2.24) is 5.32 Å². The van der Waals surface area contributed by atoms with Gasteiger partial charge in [0.2, 0.25) is 11.9 Å². The van der Waals surface area contributed by atoms with E-state index in [0.717, 1.165) is 37.8 Å². The Morgan fingerprint density at radius 2 is 1.88 bits per heavy atom. The fourth-order valence-corrected chi connectivity index (χ4v) is 3.67. The first-order chi connectivity index (χ1) is 11.9. The quantitative estimate of drug-likeness (QED) is 0.779. The number of amides is 1. The number of carbonyl (C=O) groups is 1. The molecular formula is C18H26N6O. The average Bonchev–Trinajstić information content (AvgIpc) is 2.54. The van der Waals surface area contributed by atoms with Crippen LogP contribution in [-0.2, 0) is 0 Å². The molecule has 1 aromatic carbocycles. The molecule has 1 saturated carbocycles. The number of nitrogens with one attached hydrogen (secondary N) is 1. The molecule has 7 heteroatoms. The van der Waals surface area contributed by atoms with Gasteiger partial charge in [0.15, 0.2) is 0 Å². The van der Waals surface area contributed by atoms with Crippen molar-refractivity contribution in [2.45, 2.75) is 57.7 Å². The Balaban J connectivity index is 2.07. The summed E-state index contributed by atoms with van der Waals surface area (Å²) in [5.41, 5.74) is 12.9. The summed E-state index contributed by atoms with van der Waals surface area (Å²) in [4.78, 5) is 23.4. The van der Waals surface area contributed by atoms with Crippen molar-refractivity contribution in [3.63, 3.8) is 0 Å². The van der Waals surface area contributed by atoms with Crippen molar-refractivity contribution in [3.8, 4) is 0 Å². The van der Waals surface area contributed by atoms with E-state index in [0.29, 0.717) is 11.5 Å². The van der Waals surface area contributed by atoms with Crippen LogP contribution in [0, 0.1) is 0 Å².